The van der Waals surface area contributed by atoms with Crippen LogP contribution in [0.15, 0.2) is 24.3 Å². The predicted molar refractivity (Wildman–Crippen MR) is 91.1 cm³/mol. The van der Waals surface area contributed by atoms with E-state index >= 15 is 0 Å². The van der Waals surface area contributed by atoms with Crippen molar-refractivity contribution in [2.45, 2.75) is 45.3 Å². The summed E-state index contributed by atoms with van der Waals surface area (Å²) in [6.45, 7) is 7.62. The fourth-order valence-electron chi connectivity index (χ4n) is 3.75. The van der Waals surface area contributed by atoms with Gasteiger partial charge >= 0.3 is 0 Å². The first kappa shape index (κ1) is 16.5. The number of carbonyl (C=O) groups is 1. The Morgan fingerprint density at radius 3 is 2.57 bits per heavy atom. The van der Waals surface area contributed by atoms with Crippen molar-refractivity contribution >= 4 is 5.91 Å². The van der Waals surface area contributed by atoms with E-state index < -0.39 is 6.10 Å². The average molecular weight is 316 g/mol. The van der Waals surface area contributed by atoms with Gasteiger partial charge in [-0.15, -0.1) is 0 Å². The molecule has 2 unspecified atom stereocenters. The molecule has 0 aromatic heterocycles. The smallest absolute Gasteiger partial charge is 0.222 e. The number of hydrogen-bond acceptors (Lipinski definition) is 3. The first-order chi connectivity index (χ1) is 11.1. The molecular formula is C19H28N2O2. The van der Waals surface area contributed by atoms with Crippen LogP contribution < -0.4 is 0 Å². The summed E-state index contributed by atoms with van der Waals surface area (Å²) in [4.78, 5) is 16.6. The Labute approximate surface area is 139 Å². The number of aliphatic hydroxyl groups is 1. The molecule has 1 aromatic rings. The monoisotopic (exact) mass is 316 g/mol. The molecule has 1 heterocycles. The van der Waals surface area contributed by atoms with Crippen LogP contribution in [0.3, 0.4) is 0 Å². The minimum absolute atomic E-state index is 0.167. The summed E-state index contributed by atoms with van der Waals surface area (Å²) in [6, 6.07) is 8.35. The van der Waals surface area contributed by atoms with E-state index in [2.05, 4.69) is 24.8 Å². The van der Waals surface area contributed by atoms with Gasteiger partial charge in [-0.05, 0) is 29.9 Å². The summed E-state index contributed by atoms with van der Waals surface area (Å²) in [5.74, 6) is 0.862. The van der Waals surface area contributed by atoms with Crippen LogP contribution in [-0.2, 0) is 11.2 Å². The Morgan fingerprint density at radius 2 is 1.91 bits per heavy atom. The SMILES string of the molecule is CC(C)CCC(=O)N1CCN(C2Cc3ccccc3C2O)CC1. The standard InChI is InChI=1S/C19H28N2O2/c1-14(2)7-8-18(22)21-11-9-20(10-12-21)17-13-15-5-3-4-6-16(15)19(17)23/h3-6,14,17,19,23H,7-13H2,1-2H3. The minimum atomic E-state index is -0.394. The van der Waals surface area contributed by atoms with Crippen LogP contribution in [0.5, 0.6) is 0 Å². The maximum absolute atomic E-state index is 12.2. The molecule has 1 amide bonds. The molecule has 0 saturated carbocycles. The van der Waals surface area contributed by atoms with Gasteiger partial charge in [-0.1, -0.05) is 38.1 Å². The highest BCUT2D eigenvalue weighted by molar-refractivity contribution is 5.76. The van der Waals surface area contributed by atoms with E-state index in [9.17, 15) is 9.90 Å². The topological polar surface area (TPSA) is 43.8 Å². The number of aliphatic hydroxyl groups excluding tert-OH is 1. The maximum atomic E-state index is 12.2. The number of piperazine rings is 1. The lowest BCUT2D eigenvalue weighted by molar-refractivity contribution is -0.133. The van der Waals surface area contributed by atoms with Gasteiger partial charge in [-0.2, -0.15) is 0 Å². The van der Waals surface area contributed by atoms with Crippen LogP contribution in [0.25, 0.3) is 0 Å². The molecular weight excluding hydrogens is 288 g/mol. The molecule has 0 radical (unpaired) electrons. The predicted octanol–water partition coefficient (Wildman–Crippen LogP) is 2.23. The zero-order chi connectivity index (χ0) is 16.4. The van der Waals surface area contributed by atoms with Gasteiger partial charge in [0.05, 0.1) is 6.10 Å². The highest BCUT2D eigenvalue weighted by Crippen LogP contribution is 2.34. The fraction of sp³-hybridized carbons (Fsp3) is 0.632. The Bertz CT molecular complexity index is 550. The highest BCUT2D eigenvalue weighted by atomic mass is 16.3. The van der Waals surface area contributed by atoms with Crippen molar-refractivity contribution in [3.05, 3.63) is 35.4 Å². The lowest BCUT2D eigenvalue weighted by Crippen LogP contribution is -2.53. The molecule has 1 N–H and O–H groups in total. The molecule has 2 atom stereocenters. The lowest BCUT2D eigenvalue weighted by Gasteiger charge is -2.39. The number of amides is 1. The van der Waals surface area contributed by atoms with Crippen molar-refractivity contribution in [3.8, 4) is 0 Å². The summed E-state index contributed by atoms with van der Waals surface area (Å²) in [5, 5.41) is 10.6. The Kier molecular flexibility index (Phi) is 5.02. The van der Waals surface area contributed by atoms with Crippen molar-refractivity contribution in [3.63, 3.8) is 0 Å². The molecule has 3 rings (SSSR count). The number of nitrogens with zero attached hydrogens (tertiary/aromatic N) is 2. The zero-order valence-corrected chi connectivity index (χ0v) is 14.2. The Hall–Kier alpha value is -1.39. The van der Waals surface area contributed by atoms with Crippen LogP contribution in [0, 0.1) is 5.92 Å². The average Bonchev–Trinajstić information content (AvgIpc) is 2.90. The number of benzene rings is 1. The summed E-state index contributed by atoms with van der Waals surface area (Å²) in [7, 11) is 0. The normalized spacial score (nSPS) is 25.0. The third kappa shape index (κ3) is 3.59. The van der Waals surface area contributed by atoms with Crippen LogP contribution in [-0.4, -0.2) is 53.0 Å². The number of fused-ring (bicyclic) bond motifs is 1. The van der Waals surface area contributed by atoms with Gasteiger partial charge < -0.3 is 10.0 Å². The van der Waals surface area contributed by atoms with Gasteiger partial charge in [-0.25, -0.2) is 0 Å². The van der Waals surface area contributed by atoms with E-state index in [0.717, 1.165) is 44.6 Å². The van der Waals surface area contributed by atoms with Gasteiger partial charge in [0.1, 0.15) is 0 Å². The molecule has 1 aliphatic heterocycles. The molecule has 4 nitrogen and oxygen atoms in total. The van der Waals surface area contributed by atoms with Crippen LogP contribution >= 0.6 is 0 Å². The van der Waals surface area contributed by atoms with Gasteiger partial charge in [-0.3, -0.25) is 9.69 Å². The number of hydrogen-bond donors (Lipinski definition) is 1. The second-order valence-electron chi connectivity index (χ2n) is 7.26. The van der Waals surface area contributed by atoms with Gasteiger partial charge in [0, 0.05) is 38.6 Å². The van der Waals surface area contributed by atoms with E-state index in [1.54, 1.807) is 0 Å². The van der Waals surface area contributed by atoms with Crippen LogP contribution in [0.2, 0.25) is 0 Å². The molecule has 0 spiro atoms. The molecule has 1 aromatic carbocycles. The molecule has 0 bridgehead atoms. The summed E-state index contributed by atoms with van der Waals surface area (Å²) in [6.07, 6.45) is 2.15. The molecule has 1 aliphatic carbocycles. The largest absolute Gasteiger partial charge is 0.387 e. The van der Waals surface area contributed by atoms with Crippen molar-refractivity contribution in [2.24, 2.45) is 5.92 Å². The third-order valence-electron chi connectivity index (χ3n) is 5.24. The lowest BCUT2D eigenvalue weighted by atomic mass is 10.1. The number of carbonyl (C=O) groups excluding carboxylic acids is 1. The van der Waals surface area contributed by atoms with E-state index in [0.29, 0.717) is 12.3 Å². The van der Waals surface area contributed by atoms with Gasteiger partial charge in [0.15, 0.2) is 0 Å². The van der Waals surface area contributed by atoms with E-state index in [-0.39, 0.29) is 11.9 Å². The van der Waals surface area contributed by atoms with Crippen LogP contribution in [0.4, 0.5) is 0 Å². The van der Waals surface area contributed by atoms with Crippen molar-refractivity contribution in [1.82, 2.24) is 9.80 Å². The summed E-state index contributed by atoms with van der Waals surface area (Å²) >= 11 is 0. The van der Waals surface area contributed by atoms with Gasteiger partial charge in [0.2, 0.25) is 5.91 Å². The summed E-state index contributed by atoms with van der Waals surface area (Å²) < 4.78 is 0. The molecule has 4 heteroatoms. The molecule has 1 fully saturated rings. The zero-order valence-electron chi connectivity index (χ0n) is 14.2. The van der Waals surface area contributed by atoms with Crippen molar-refractivity contribution in [1.29, 1.82) is 0 Å². The van der Waals surface area contributed by atoms with Crippen molar-refractivity contribution < 1.29 is 9.90 Å². The fourth-order valence-corrected chi connectivity index (χ4v) is 3.75. The quantitative estimate of drug-likeness (QED) is 0.926. The van der Waals surface area contributed by atoms with E-state index in [1.807, 2.05) is 23.1 Å². The Balaban J connectivity index is 1.53. The molecule has 2 aliphatic rings. The highest BCUT2D eigenvalue weighted by Gasteiger charge is 2.36. The van der Waals surface area contributed by atoms with E-state index in [1.165, 1.54) is 5.56 Å². The third-order valence-corrected chi connectivity index (χ3v) is 5.24. The second-order valence-corrected chi connectivity index (χ2v) is 7.26. The first-order valence-corrected chi connectivity index (χ1v) is 8.84. The molecule has 126 valence electrons. The van der Waals surface area contributed by atoms with Crippen LogP contribution in [0.1, 0.15) is 43.9 Å². The second kappa shape index (κ2) is 7.02. The van der Waals surface area contributed by atoms with Crippen molar-refractivity contribution in [2.75, 3.05) is 26.2 Å². The maximum Gasteiger partial charge on any atom is 0.222 e. The minimum Gasteiger partial charge on any atom is -0.387 e. The molecule has 23 heavy (non-hydrogen) atoms. The summed E-state index contributed by atoms with van der Waals surface area (Å²) in [5.41, 5.74) is 2.34. The van der Waals surface area contributed by atoms with Gasteiger partial charge in [0.25, 0.3) is 0 Å². The number of rotatable bonds is 4. The Morgan fingerprint density at radius 1 is 1.22 bits per heavy atom. The first-order valence-electron chi connectivity index (χ1n) is 8.84. The molecule has 1 saturated heterocycles. The van der Waals surface area contributed by atoms with E-state index in [4.69, 9.17) is 0 Å².